The summed E-state index contributed by atoms with van der Waals surface area (Å²) in [4.78, 5) is 0. The first-order valence-electron chi connectivity index (χ1n) is 6.48. The van der Waals surface area contributed by atoms with Gasteiger partial charge in [-0.05, 0) is 25.2 Å². The molecule has 1 rings (SSSR count). The molecule has 0 aromatic carbocycles. The van der Waals surface area contributed by atoms with Gasteiger partial charge in [-0.2, -0.15) is 0 Å². The first kappa shape index (κ1) is 12.0. The Kier molecular flexibility index (Phi) is 6.25. The minimum Gasteiger partial charge on any atom is -0.378 e. The highest BCUT2D eigenvalue weighted by Gasteiger charge is 2.16. The molecule has 0 radical (unpaired) electrons. The van der Waals surface area contributed by atoms with Crippen molar-refractivity contribution in [3.8, 4) is 0 Å². The highest BCUT2D eigenvalue weighted by Crippen LogP contribution is 2.23. The maximum Gasteiger partial charge on any atom is 0.0575 e. The zero-order valence-corrected chi connectivity index (χ0v) is 9.93. The van der Waals surface area contributed by atoms with Crippen LogP contribution in [0.1, 0.15) is 65.2 Å². The molecule has 0 heterocycles. The Balaban J connectivity index is 2.06. The van der Waals surface area contributed by atoms with Gasteiger partial charge < -0.3 is 4.74 Å². The first-order valence-corrected chi connectivity index (χ1v) is 6.48. The van der Waals surface area contributed by atoms with Crippen molar-refractivity contribution in [1.82, 2.24) is 0 Å². The van der Waals surface area contributed by atoms with Crippen LogP contribution < -0.4 is 0 Å². The van der Waals surface area contributed by atoms with E-state index in [2.05, 4.69) is 13.8 Å². The van der Waals surface area contributed by atoms with Crippen LogP contribution in [0, 0.1) is 5.92 Å². The van der Waals surface area contributed by atoms with Crippen molar-refractivity contribution in [2.75, 3.05) is 6.61 Å². The van der Waals surface area contributed by atoms with Gasteiger partial charge in [-0.3, -0.25) is 0 Å². The normalized spacial score (nSPS) is 20.1. The summed E-state index contributed by atoms with van der Waals surface area (Å²) >= 11 is 0. The summed E-state index contributed by atoms with van der Waals surface area (Å²) in [6.07, 6.45) is 11.3. The molecule has 1 atom stereocenters. The molecule has 1 fully saturated rings. The third-order valence-electron chi connectivity index (χ3n) is 3.41. The molecule has 0 spiro atoms. The van der Waals surface area contributed by atoms with Crippen LogP contribution >= 0.6 is 0 Å². The van der Waals surface area contributed by atoms with Crippen LogP contribution in [0.5, 0.6) is 0 Å². The summed E-state index contributed by atoms with van der Waals surface area (Å²) in [7, 11) is 0. The highest BCUT2D eigenvalue weighted by molar-refractivity contribution is 4.67. The molecule has 0 aromatic rings. The van der Waals surface area contributed by atoms with Gasteiger partial charge in [0.05, 0.1) is 6.10 Å². The summed E-state index contributed by atoms with van der Waals surface area (Å²) in [5.74, 6) is 0.815. The van der Waals surface area contributed by atoms with E-state index in [1.807, 2.05) is 0 Å². The van der Waals surface area contributed by atoms with Crippen molar-refractivity contribution < 1.29 is 4.74 Å². The van der Waals surface area contributed by atoms with Gasteiger partial charge in [0.15, 0.2) is 0 Å². The summed E-state index contributed by atoms with van der Waals surface area (Å²) in [5.41, 5.74) is 0. The smallest absolute Gasteiger partial charge is 0.0575 e. The molecule has 1 aliphatic carbocycles. The SMILES string of the molecule is CCCCC(CC)COC1CCCC1. The average molecular weight is 198 g/mol. The molecule has 84 valence electrons. The van der Waals surface area contributed by atoms with Crippen molar-refractivity contribution in [1.29, 1.82) is 0 Å². The monoisotopic (exact) mass is 198 g/mol. The van der Waals surface area contributed by atoms with Crippen molar-refractivity contribution in [3.05, 3.63) is 0 Å². The molecule has 0 aromatic heterocycles. The van der Waals surface area contributed by atoms with E-state index in [4.69, 9.17) is 4.74 Å². The van der Waals surface area contributed by atoms with E-state index >= 15 is 0 Å². The van der Waals surface area contributed by atoms with Crippen molar-refractivity contribution >= 4 is 0 Å². The van der Waals surface area contributed by atoms with Gasteiger partial charge in [-0.1, -0.05) is 46.0 Å². The Hall–Kier alpha value is -0.0400. The molecule has 0 aliphatic heterocycles. The maximum absolute atomic E-state index is 5.95. The molecule has 0 saturated heterocycles. The Morgan fingerprint density at radius 2 is 1.93 bits per heavy atom. The topological polar surface area (TPSA) is 9.23 Å². The molecule has 0 N–H and O–H groups in total. The lowest BCUT2D eigenvalue weighted by molar-refractivity contribution is 0.0302. The van der Waals surface area contributed by atoms with Gasteiger partial charge in [0.1, 0.15) is 0 Å². The molecule has 1 unspecified atom stereocenters. The molecule has 0 bridgehead atoms. The van der Waals surface area contributed by atoms with Crippen LogP contribution in [-0.4, -0.2) is 12.7 Å². The second-order valence-corrected chi connectivity index (χ2v) is 4.66. The summed E-state index contributed by atoms with van der Waals surface area (Å²) in [6, 6.07) is 0. The largest absolute Gasteiger partial charge is 0.378 e. The quantitative estimate of drug-likeness (QED) is 0.597. The zero-order valence-electron chi connectivity index (χ0n) is 9.93. The number of unbranched alkanes of at least 4 members (excludes halogenated alkanes) is 1. The Morgan fingerprint density at radius 3 is 2.50 bits per heavy atom. The van der Waals surface area contributed by atoms with E-state index in [9.17, 15) is 0 Å². The molecule has 1 nitrogen and oxygen atoms in total. The Bertz CT molecular complexity index is 127. The summed E-state index contributed by atoms with van der Waals surface area (Å²) < 4.78 is 5.95. The summed E-state index contributed by atoms with van der Waals surface area (Å²) in [5, 5.41) is 0. The van der Waals surface area contributed by atoms with Crippen LogP contribution in [0.4, 0.5) is 0 Å². The Labute approximate surface area is 89.2 Å². The maximum atomic E-state index is 5.95. The fourth-order valence-electron chi connectivity index (χ4n) is 2.23. The standard InChI is InChI=1S/C13H26O/c1-3-5-8-12(4-2)11-14-13-9-6-7-10-13/h12-13H,3-11H2,1-2H3. The van der Waals surface area contributed by atoms with Gasteiger partial charge in [-0.15, -0.1) is 0 Å². The van der Waals surface area contributed by atoms with E-state index in [1.165, 1.54) is 51.4 Å². The second-order valence-electron chi connectivity index (χ2n) is 4.66. The first-order chi connectivity index (χ1) is 6.86. The molecule has 14 heavy (non-hydrogen) atoms. The Morgan fingerprint density at radius 1 is 1.21 bits per heavy atom. The minimum absolute atomic E-state index is 0.602. The van der Waals surface area contributed by atoms with Crippen molar-refractivity contribution in [3.63, 3.8) is 0 Å². The lowest BCUT2D eigenvalue weighted by Gasteiger charge is -2.18. The van der Waals surface area contributed by atoms with Gasteiger partial charge in [-0.25, -0.2) is 0 Å². The van der Waals surface area contributed by atoms with E-state index in [0.717, 1.165) is 12.5 Å². The van der Waals surface area contributed by atoms with Gasteiger partial charge in [0.2, 0.25) is 0 Å². The lowest BCUT2D eigenvalue weighted by Crippen LogP contribution is -2.15. The van der Waals surface area contributed by atoms with Crippen LogP contribution in [0.2, 0.25) is 0 Å². The van der Waals surface area contributed by atoms with Gasteiger partial charge in [0, 0.05) is 6.61 Å². The van der Waals surface area contributed by atoms with E-state index < -0.39 is 0 Å². The van der Waals surface area contributed by atoms with E-state index in [0.29, 0.717) is 6.10 Å². The third kappa shape index (κ3) is 4.45. The summed E-state index contributed by atoms with van der Waals surface area (Å²) in [6.45, 7) is 5.57. The van der Waals surface area contributed by atoms with Gasteiger partial charge >= 0.3 is 0 Å². The zero-order chi connectivity index (χ0) is 10.2. The van der Waals surface area contributed by atoms with Gasteiger partial charge in [0.25, 0.3) is 0 Å². The van der Waals surface area contributed by atoms with Crippen LogP contribution in [0.15, 0.2) is 0 Å². The average Bonchev–Trinajstić information content (AvgIpc) is 2.71. The molecule has 0 amide bonds. The van der Waals surface area contributed by atoms with Crippen molar-refractivity contribution in [2.24, 2.45) is 5.92 Å². The van der Waals surface area contributed by atoms with Crippen LogP contribution in [0.25, 0.3) is 0 Å². The predicted octanol–water partition coefficient (Wildman–Crippen LogP) is 4.16. The molecule has 1 aliphatic rings. The van der Waals surface area contributed by atoms with Crippen LogP contribution in [0.3, 0.4) is 0 Å². The fraction of sp³-hybridized carbons (Fsp3) is 1.00. The number of rotatable bonds is 7. The molecular weight excluding hydrogens is 172 g/mol. The van der Waals surface area contributed by atoms with Crippen LogP contribution in [-0.2, 0) is 4.74 Å². The molecular formula is C13H26O. The number of hydrogen-bond acceptors (Lipinski definition) is 1. The van der Waals surface area contributed by atoms with Crippen molar-refractivity contribution in [2.45, 2.75) is 71.3 Å². The molecule has 1 heteroatoms. The number of ether oxygens (including phenoxy) is 1. The second kappa shape index (κ2) is 7.28. The predicted molar refractivity (Wildman–Crippen MR) is 61.5 cm³/mol. The fourth-order valence-corrected chi connectivity index (χ4v) is 2.23. The van der Waals surface area contributed by atoms with E-state index in [-0.39, 0.29) is 0 Å². The number of hydrogen-bond donors (Lipinski definition) is 0. The highest BCUT2D eigenvalue weighted by atomic mass is 16.5. The lowest BCUT2D eigenvalue weighted by atomic mass is 10.0. The molecule has 1 saturated carbocycles. The van der Waals surface area contributed by atoms with E-state index in [1.54, 1.807) is 0 Å². The minimum atomic E-state index is 0.602. The third-order valence-corrected chi connectivity index (χ3v) is 3.41.